The van der Waals surface area contributed by atoms with E-state index in [1.54, 1.807) is 27.7 Å². The van der Waals surface area contributed by atoms with Gasteiger partial charge in [0.15, 0.2) is 5.13 Å². The summed E-state index contributed by atoms with van der Waals surface area (Å²) in [5, 5.41) is 5.85. The Balaban J connectivity index is 1.62. The van der Waals surface area contributed by atoms with Gasteiger partial charge in [0.25, 0.3) is 5.91 Å². The third kappa shape index (κ3) is 6.03. The second-order valence-electron chi connectivity index (χ2n) is 8.47. The molecule has 0 aliphatic heterocycles. The summed E-state index contributed by atoms with van der Waals surface area (Å²) >= 11 is 1.13. The predicted octanol–water partition coefficient (Wildman–Crippen LogP) is 6.10. The number of benzene rings is 1. The number of anilines is 2. The molecule has 0 radical (unpaired) electrons. The van der Waals surface area contributed by atoms with Crippen molar-refractivity contribution in [3.05, 3.63) is 40.4 Å². The van der Waals surface area contributed by atoms with Crippen molar-refractivity contribution in [3.63, 3.8) is 0 Å². The molecule has 29 heavy (non-hydrogen) atoms. The van der Waals surface area contributed by atoms with E-state index in [9.17, 15) is 9.59 Å². The van der Waals surface area contributed by atoms with Crippen molar-refractivity contribution in [2.24, 2.45) is 0 Å². The second-order valence-corrected chi connectivity index (χ2v) is 9.47. The van der Waals surface area contributed by atoms with E-state index < -0.39 is 11.7 Å². The first-order valence-electron chi connectivity index (χ1n) is 10.1. The van der Waals surface area contributed by atoms with Gasteiger partial charge in [-0.15, -0.1) is 0 Å². The number of thiazole rings is 1. The third-order valence-corrected chi connectivity index (χ3v) is 5.93. The molecule has 1 aromatic carbocycles. The summed E-state index contributed by atoms with van der Waals surface area (Å²) in [6.45, 7) is 7.12. The van der Waals surface area contributed by atoms with Crippen LogP contribution in [0.5, 0.6) is 0 Å². The van der Waals surface area contributed by atoms with E-state index in [4.69, 9.17) is 4.74 Å². The summed E-state index contributed by atoms with van der Waals surface area (Å²) in [5.41, 5.74) is 2.07. The molecule has 0 atom stereocenters. The third-order valence-electron chi connectivity index (χ3n) is 4.86. The standard InChI is InChI=1S/C22H29N3O3S/c1-14-18(29-20(23-14)25-21(27)28-22(2,3)4)19(26)24-17-12-10-16(11-13-17)15-8-6-5-7-9-15/h10-13,15H,5-9H2,1-4H3,(H,24,26)(H,23,25,27). The van der Waals surface area contributed by atoms with E-state index >= 15 is 0 Å². The maximum atomic E-state index is 12.7. The highest BCUT2D eigenvalue weighted by molar-refractivity contribution is 7.17. The highest BCUT2D eigenvalue weighted by Crippen LogP contribution is 2.33. The van der Waals surface area contributed by atoms with E-state index in [-0.39, 0.29) is 5.91 Å². The summed E-state index contributed by atoms with van der Waals surface area (Å²) in [7, 11) is 0. The van der Waals surface area contributed by atoms with Crippen LogP contribution in [0.15, 0.2) is 24.3 Å². The van der Waals surface area contributed by atoms with Gasteiger partial charge in [-0.3, -0.25) is 10.1 Å². The van der Waals surface area contributed by atoms with Crippen LogP contribution < -0.4 is 10.6 Å². The number of hydrogen-bond donors (Lipinski definition) is 2. The molecule has 3 rings (SSSR count). The molecule has 1 aliphatic rings. The summed E-state index contributed by atoms with van der Waals surface area (Å²) in [6, 6.07) is 8.14. The zero-order valence-electron chi connectivity index (χ0n) is 17.5. The maximum Gasteiger partial charge on any atom is 0.413 e. The van der Waals surface area contributed by atoms with E-state index in [0.29, 0.717) is 21.6 Å². The molecule has 1 saturated carbocycles. The van der Waals surface area contributed by atoms with Gasteiger partial charge in [-0.1, -0.05) is 42.7 Å². The van der Waals surface area contributed by atoms with Crippen LogP contribution in [0.2, 0.25) is 0 Å². The number of ether oxygens (including phenoxy) is 1. The first-order valence-corrected chi connectivity index (χ1v) is 10.9. The van der Waals surface area contributed by atoms with Gasteiger partial charge in [0.05, 0.1) is 5.69 Å². The number of nitrogens with zero attached hydrogens (tertiary/aromatic N) is 1. The summed E-state index contributed by atoms with van der Waals surface area (Å²) in [6.07, 6.45) is 5.85. The number of amides is 2. The average Bonchev–Trinajstić information content (AvgIpc) is 3.01. The molecule has 0 bridgehead atoms. The minimum Gasteiger partial charge on any atom is -0.444 e. The van der Waals surface area contributed by atoms with Crippen LogP contribution in [0.3, 0.4) is 0 Å². The Kier molecular flexibility index (Phi) is 6.57. The Labute approximate surface area is 176 Å². The molecule has 7 heteroatoms. The zero-order valence-corrected chi connectivity index (χ0v) is 18.3. The van der Waals surface area contributed by atoms with Gasteiger partial charge in [-0.2, -0.15) is 0 Å². The van der Waals surface area contributed by atoms with Crippen molar-refractivity contribution in [3.8, 4) is 0 Å². The molecule has 156 valence electrons. The van der Waals surface area contributed by atoms with Gasteiger partial charge in [0, 0.05) is 5.69 Å². The van der Waals surface area contributed by atoms with Gasteiger partial charge in [-0.05, 0) is 64.2 Å². The van der Waals surface area contributed by atoms with E-state index in [0.717, 1.165) is 17.0 Å². The van der Waals surface area contributed by atoms with Crippen LogP contribution in [0, 0.1) is 6.92 Å². The number of nitrogens with one attached hydrogen (secondary N) is 2. The number of hydrogen-bond acceptors (Lipinski definition) is 5. The van der Waals surface area contributed by atoms with E-state index in [2.05, 4.69) is 27.8 Å². The number of carbonyl (C=O) groups excluding carboxylic acids is 2. The number of rotatable bonds is 4. The highest BCUT2D eigenvalue weighted by Gasteiger charge is 2.21. The van der Waals surface area contributed by atoms with Crippen LogP contribution >= 0.6 is 11.3 Å². The maximum absolute atomic E-state index is 12.7. The van der Waals surface area contributed by atoms with E-state index in [1.165, 1.54) is 37.7 Å². The lowest BCUT2D eigenvalue weighted by Crippen LogP contribution is -2.27. The largest absolute Gasteiger partial charge is 0.444 e. The lowest BCUT2D eigenvalue weighted by Gasteiger charge is -2.22. The molecule has 2 N–H and O–H groups in total. The molecule has 6 nitrogen and oxygen atoms in total. The molecule has 1 fully saturated rings. The fraction of sp³-hybridized carbons (Fsp3) is 0.500. The lowest BCUT2D eigenvalue weighted by molar-refractivity contribution is 0.0635. The molecular weight excluding hydrogens is 386 g/mol. The van der Waals surface area contributed by atoms with Crippen molar-refractivity contribution < 1.29 is 14.3 Å². The van der Waals surface area contributed by atoms with Crippen molar-refractivity contribution >= 4 is 34.2 Å². The van der Waals surface area contributed by atoms with Crippen LogP contribution in [-0.4, -0.2) is 22.6 Å². The van der Waals surface area contributed by atoms with Crippen molar-refractivity contribution in [1.29, 1.82) is 0 Å². The first-order chi connectivity index (χ1) is 13.7. The normalized spacial score (nSPS) is 15.0. The van der Waals surface area contributed by atoms with Crippen LogP contribution in [0.25, 0.3) is 0 Å². The molecule has 1 heterocycles. The molecular formula is C22H29N3O3S. The Bertz CT molecular complexity index is 862. The molecule has 2 amide bonds. The van der Waals surface area contributed by atoms with Crippen molar-refractivity contribution in [2.75, 3.05) is 10.6 Å². The first kappa shape index (κ1) is 21.3. The lowest BCUT2D eigenvalue weighted by atomic mass is 9.84. The second kappa shape index (κ2) is 8.95. The monoisotopic (exact) mass is 415 g/mol. The van der Waals surface area contributed by atoms with Crippen LogP contribution in [0.1, 0.15) is 79.7 Å². The molecule has 1 aromatic heterocycles. The minimum atomic E-state index is -0.597. The van der Waals surface area contributed by atoms with Crippen LogP contribution in [0.4, 0.5) is 15.6 Å². The highest BCUT2D eigenvalue weighted by atomic mass is 32.1. The van der Waals surface area contributed by atoms with Gasteiger partial charge >= 0.3 is 6.09 Å². The Morgan fingerprint density at radius 2 is 1.72 bits per heavy atom. The van der Waals surface area contributed by atoms with Crippen molar-refractivity contribution in [2.45, 2.75) is 71.3 Å². The Hall–Kier alpha value is -2.41. The Morgan fingerprint density at radius 3 is 2.34 bits per heavy atom. The zero-order chi connectivity index (χ0) is 21.0. The minimum absolute atomic E-state index is 0.234. The topological polar surface area (TPSA) is 80.3 Å². The number of aromatic nitrogens is 1. The predicted molar refractivity (Wildman–Crippen MR) is 117 cm³/mol. The molecule has 0 unspecified atom stereocenters. The van der Waals surface area contributed by atoms with Crippen LogP contribution in [-0.2, 0) is 4.74 Å². The fourth-order valence-corrected chi connectivity index (χ4v) is 4.36. The fourth-order valence-electron chi connectivity index (χ4n) is 3.51. The summed E-state index contributed by atoms with van der Waals surface area (Å²) in [5.74, 6) is 0.404. The molecule has 0 spiro atoms. The number of aryl methyl sites for hydroxylation is 1. The van der Waals surface area contributed by atoms with Gasteiger partial charge in [-0.25, -0.2) is 9.78 Å². The summed E-state index contributed by atoms with van der Waals surface area (Å²) < 4.78 is 5.22. The molecule has 1 aliphatic carbocycles. The van der Waals surface area contributed by atoms with Gasteiger partial charge < -0.3 is 10.1 Å². The molecule has 0 saturated heterocycles. The quantitative estimate of drug-likeness (QED) is 0.632. The van der Waals surface area contributed by atoms with Gasteiger partial charge in [0.1, 0.15) is 10.5 Å². The summed E-state index contributed by atoms with van der Waals surface area (Å²) in [4.78, 5) is 29.3. The number of carbonyl (C=O) groups is 2. The van der Waals surface area contributed by atoms with E-state index in [1.807, 2.05) is 12.1 Å². The average molecular weight is 416 g/mol. The van der Waals surface area contributed by atoms with Gasteiger partial charge in [0.2, 0.25) is 0 Å². The smallest absolute Gasteiger partial charge is 0.413 e. The van der Waals surface area contributed by atoms with Crippen molar-refractivity contribution in [1.82, 2.24) is 4.98 Å². The Morgan fingerprint density at radius 1 is 1.07 bits per heavy atom. The SMILES string of the molecule is Cc1nc(NC(=O)OC(C)(C)C)sc1C(=O)Nc1ccc(C2CCCCC2)cc1. The molecule has 2 aromatic rings.